The lowest BCUT2D eigenvalue weighted by molar-refractivity contribution is -0.140. The molecule has 0 radical (unpaired) electrons. The Morgan fingerprint density at radius 1 is 1.31 bits per heavy atom. The maximum absolute atomic E-state index is 12.9. The molecule has 138 valence electrons. The highest BCUT2D eigenvalue weighted by molar-refractivity contribution is 5.83. The zero-order chi connectivity index (χ0) is 18.5. The maximum Gasteiger partial charge on any atom is 0.317 e. The smallest absolute Gasteiger partial charge is 0.317 e. The maximum atomic E-state index is 12.9. The number of aliphatic carboxylic acids is 1. The molecule has 1 fully saturated rings. The zero-order valence-corrected chi connectivity index (χ0v) is 14.8. The molecular formula is C19H24N4O3. The molecule has 0 saturated heterocycles. The number of carbonyl (C=O) groups excluding carboxylic acids is 1. The summed E-state index contributed by atoms with van der Waals surface area (Å²) in [6.07, 6.45) is 4.99. The third-order valence-electron chi connectivity index (χ3n) is 4.87. The van der Waals surface area contributed by atoms with E-state index in [2.05, 4.69) is 10.4 Å². The molecule has 1 aliphatic carbocycles. The number of rotatable bonds is 8. The molecule has 1 saturated carbocycles. The second-order valence-corrected chi connectivity index (χ2v) is 6.59. The quantitative estimate of drug-likeness (QED) is 0.749. The van der Waals surface area contributed by atoms with Gasteiger partial charge in [0.25, 0.3) is 0 Å². The first-order valence-electron chi connectivity index (χ1n) is 8.88. The van der Waals surface area contributed by atoms with E-state index in [0.717, 1.165) is 18.4 Å². The number of benzene rings is 1. The Morgan fingerprint density at radius 3 is 2.62 bits per heavy atom. The average Bonchev–Trinajstić information content (AvgIpc) is 3.11. The molecule has 1 amide bonds. The van der Waals surface area contributed by atoms with Crippen LogP contribution in [-0.4, -0.2) is 56.8 Å². The Kier molecular flexibility index (Phi) is 5.68. The van der Waals surface area contributed by atoms with E-state index in [0.29, 0.717) is 6.54 Å². The summed E-state index contributed by atoms with van der Waals surface area (Å²) >= 11 is 0. The summed E-state index contributed by atoms with van der Waals surface area (Å²) in [7, 11) is 0. The number of hydrogen-bond acceptors (Lipinski definition) is 4. The molecule has 26 heavy (non-hydrogen) atoms. The van der Waals surface area contributed by atoms with Crippen LogP contribution < -0.4 is 5.32 Å². The van der Waals surface area contributed by atoms with Gasteiger partial charge in [-0.25, -0.2) is 0 Å². The Hall–Kier alpha value is -2.67. The van der Waals surface area contributed by atoms with Gasteiger partial charge in [0.2, 0.25) is 5.91 Å². The summed E-state index contributed by atoms with van der Waals surface area (Å²) in [4.78, 5) is 25.8. The summed E-state index contributed by atoms with van der Waals surface area (Å²) in [5, 5.41) is 16.3. The number of nitrogens with one attached hydrogen (secondary N) is 1. The highest BCUT2D eigenvalue weighted by atomic mass is 16.4. The molecule has 1 heterocycles. The summed E-state index contributed by atoms with van der Waals surface area (Å²) in [6.45, 7) is 2.69. The normalized spacial score (nSPS) is 20.4. The van der Waals surface area contributed by atoms with Gasteiger partial charge in [-0.2, -0.15) is 5.10 Å². The van der Waals surface area contributed by atoms with Crippen molar-refractivity contribution in [3.05, 3.63) is 54.4 Å². The molecule has 0 aliphatic heterocycles. The Morgan fingerprint density at radius 2 is 2.04 bits per heavy atom. The van der Waals surface area contributed by atoms with Crippen molar-refractivity contribution in [3.63, 3.8) is 0 Å². The van der Waals surface area contributed by atoms with Crippen molar-refractivity contribution in [3.8, 4) is 0 Å². The van der Waals surface area contributed by atoms with Crippen LogP contribution in [0.4, 0.5) is 0 Å². The number of carbonyl (C=O) groups is 2. The van der Waals surface area contributed by atoms with E-state index in [1.165, 1.54) is 0 Å². The number of nitrogens with zero attached hydrogens (tertiary/aromatic N) is 3. The van der Waals surface area contributed by atoms with Gasteiger partial charge in [0, 0.05) is 24.5 Å². The van der Waals surface area contributed by atoms with Crippen LogP contribution in [0, 0.1) is 0 Å². The number of aromatic nitrogens is 2. The van der Waals surface area contributed by atoms with Gasteiger partial charge in [0.15, 0.2) is 6.04 Å². The number of hydrogen-bond donors (Lipinski definition) is 2. The molecule has 2 aromatic rings. The van der Waals surface area contributed by atoms with Crippen molar-refractivity contribution in [1.82, 2.24) is 20.0 Å². The van der Waals surface area contributed by atoms with Gasteiger partial charge in [-0.15, -0.1) is 0 Å². The van der Waals surface area contributed by atoms with Crippen molar-refractivity contribution in [2.45, 2.75) is 37.9 Å². The van der Waals surface area contributed by atoms with Crippen LogP contribution in [0.25, 0.3) is 0 Å². The summed E-state index contributed by atoms with van der Waals surface area (Å²) in [5.74, 6) is -0.910. The van der Waals surface area contributed by atoms with Crippen molar-refractivity contribution in [1.29, 1.82) is 0 Å². The second-order valence-electron chi connectivity index (χ2n) is 6.59. The topological polar surface area (TPSA) is 87.5 Å². The van der Waals surface area contributed by atoms with Crippen LogP contribution in [0.3, 0.4) is 0 Å². The van der Waals surface area contributed by atoms with Gasteiger partial charge >= 0.3 is 5.97 Å². The van der Waals surface area contributed by atoms with E-state index in [1.54, 1.807) is 23.1 Å². The van der Waals surface area contributed by atoms with E-state index in [4.69, 9.17) is 5.11 Å². The van der Waals surface area contributed by atoms with Gasteiger partial charge in [-0.1, -0.05) is 37.3 Å². The highest BCUT2D eigenvalue weighted by Gasteiger charge is 2.36. The standard InChI is InChI=1S/C19H24N4O3/c1-2-22(13-17(24)25)16-11-15(12-16)21-19(26)18(23-10-6-9-20-23)14-7-4-3-5-8-14/h3-10,15-16,18H,2,11-13H2,1H3,(H,21,26)(H,24,25). The summed E-state index contributed by atoms with van der Waals surface area (Å²) < 4.78 is 1.66. The molecule has 1 aromatic heterocycles. The summed E-state index contributed by atoms with van der Waals surface area (Å²) in [5.41, 5.74) is 0.880. The van der Waals surface area contributed by atoms with Crippen LogP contribution in [0.1, 0.15) is 31.4 Å². The van der Waals surface area contributed by atoms with Crippen molar-refractivity contribution < 1.29 is 14.7 Å². The van der Waals surface area contributed by atoms with E-state index >= 15 is 0 Å². The molecule has 1 aliphatic rings. The monoisotopic (exact) mass is 356 g/mol. The van der Waals surface area contributed by atoms with Gasteiger partial charge in [-0.05, 0) is 31.0 Å². The third-order valence-corrected chi connectivity index (χ3v) is 4.87. The predicted octanol–water partition coefficient (Wildman–Crippen LogP) is 1.53. The van der Waals surface area contributed by atoms with Crippen molar-refractivity contribution in [2.24, 2.45) is 0 Å². The third kappa shape index (κ3) is 4.11. The minimum atomic E-state index is -0.817. The first kappa shape index (κ1) is 18.1. The van der Waals surface area contributed by atoms with Gasteiger partial charge in [0.05, 0.1) is 6.54 Å². The van der Waals surface area contributed by atoms with Crippen molar-refractivity contribution in [2.75, 3.05) is 13.1 Å². The Labute approximate surface area is 152 Å². The van der Waals surface area contributed by atoms with E-state index < -0.39 is 12.0 Å². The Balaban J connectivity index is 1.62. The zero-order valence-electron chi connectivity index (χ0n) is 14.8. The minimum Gasteiger partial charge on any atom is -0.480 e. The fourth-order valence-electron chi connectivity index (χ4n) is 3.45. The first-order valence-corrected chi connectivity index (χ1v) is 8.88. The number of carboxylic acid groups (broad SMARTS) is 1. The lowest BCUT2D eigenvalue weighted by Crippen LogP contribution is -2.55. The van der Waals surface area contributed by atoms with E-state index in [9.17, 15) is 9.59 Å². The molecule has 1 unspecified atom stereocenters. The molecule has 1 aromatic carbocycles. The number of carboxylic acids is 1. The van der Waals surface area contributed by atoms with E-state index in [-0.39, 0.29) is 24.5 Å². The fraction of sp³-hybridized carbons (Fsp3) is 0.421. The molecular weight excluding hydrogens is 332 g/mol. The van der Waals surface area contributed by atoms with Gasteiger partial charge in [-0.3, -0.25) is 19.2 Å². The fourth-order valence-corrected chi connectivity index (χ4v) is 3.45. The lowest BCUT2D eigenvalue weighted by Gasteiger charge is -2.42. The van der Waals surface area contributed by atoms with Crippen LogP contribution in [0.5, 0.6) is 0 Å². The van der Waals surface area contributed by atoms with Gasteiger partial charge < -0.3 is 10.4 Å². The second kappa shape index (κ2) is 8.14. The SMILES string of the molecule is CCN(CC(=O)O)C1CC(NC(=O)C(c2ccccc2)n2cccn2)C1. The Bertz CT molecular complexity index is 727. The molecule has 2 N–H and O–H groups in total. The van der Waals surface area contributed by atoms with Gasteiger partial charge in [0.1, 0.15) is 0 Å². The lowest BCUT2D eigenvalue weighted by atomic mass is 9.85. The van der Waals surface area contributed by atoms with Crippen LogP contribution >= 0.6 is 0 Å². The molecule has 0 bridgehead atoms. The van der Waals surface area contributed by atoms with Crippen LogP contribution in [0.15, 0.2) is 48.8 Å². The highest BCUT2D eigenvalue weighted by Crippen LogP contribution is 2.27. The number of likely N-dealkylation sites (N-methyl/N-ethyl adjacent to an activating group) is 1. The van der Waals surface area contributed by atoms with Crippen molar-refractivity contribution >= 4 is 11.9 Å². The van der Waals surface area contributed by atoms with Crippen LogP contribution in [0.2, 0.25) is 0 Å². The predicted molar refractivity (Wildman–Crippen MR) is 96.6 cm³/mol. The molecule has 0 spiro atoms. The first-order chi connectivity index (χ1) is 12.6. The van der Waals surface area contributed by atoms with Crippen LogP contribution in [-0.2, 0) is 9.59 Å². The summed E-state index contributed by atoms with van der Waals surface area (Å²) in [6, 6.07) is 11.1. The molecule has 7 heteroatoms. The number of amides is 1. The molecule has 3 rings (SSSR count). The average molecular weight is 356 g/mol. The molecule has 7 nitrogen and oxygen atoms in total. The van der Waals surface area contributed by atoms with E-state index in [1.807, 2.05) is 42.2 Å². The minimum absolute atomic E-state index is 0.0434. The molecule has 1 atom stereocenters. The largest absolute Gasteiger partial charge is 0.480 e.